The number of halogens is 18. The Morgan fingerprint density at radius 2 is 0.646 bits per heavy atom. The lowest BCUT2D eigenvalue weighted by Gasteiger charge is -2.34. The molecule has 0 aromatic heterocycles. The molecule has 0 aromatic rings. The molecule has 0 saturated heterocycles. The fourth-order valence-electron chi connectivity index (χ4n) is 2.35. The fourth-order valence-corrected chi connectivity index (χ4v) is 6.11. The maximum absolute atomic E-state index is 12.2. The molecule has 0 radical (unpaired) electrons. The third-order valence-corrected chi connectivity index (χ3v) is 11.7. The van der Waals surface area contributed by atoms with Gasteiger partial charge in [-0.3, -0.25) is 4.79 Å². The van der Waals surface area contributed by atoms with Crippen LogP contribution in [0.5, 0.6) is 0 Å². The normalized spacial score (nSPS) is 14.7. The summed E-state index contributed by atoms with van der Waals surface area (Å²) < 4.78 is 271. The minimum Gasteiger partial charge on any atom is -0.743 e. The highest BCUT2D eigenvalue weighted by Crippen LogP contribution is 2.55. The molecule has 0 aromatic carbocycles. The van der Waals surface area contributed by atoms with Crippen LogP contribution in [0.3, 0.4) is 0 Å². The van der Waals surface area contributed by atoms with E-state index in [1.54, 1.807) is 0 Å². The molecule has 0 amide bonds. The second kappa shape index (κ2) is 17.0. The molecule has 292 valence electrons. The van der Waals surface area contributed by atoms with Gasteiger partial charge in [-0.15, -0.1) is 0 Å². The molecule has 0 aliphatic heterocycles. The maximum Gasteiger partial charge on any atom is 0.460 e. The number of hydrogen-bond acceptors (Lipinski definition) is 7. The third-order valence-electron chi connectivity index (χ3n) is 5.22. The first-order valence-corrected chi connectivity index (χ1v) is 18.1. The summed E-state index contributed by atoms with van der Waals surface area (Å²) in [5.41, 5.74) is 0. The predicted molar refractivity (Wildman–Crippen MR) is 133 cm³/mol. The highest BCUT2D eigenvalue weighted by molar-refractivity contribution is 7.99. The molecule has 0 fully saturated rings. The lowest BCUT2D eigenvalue weighted by atomic mass is 10.1. The third kappa shape index (κ3) is 11.5. The largest absolute Gasteiger partial charge is 0.743 e. The van der Waals surface area contributed by atoms with Crippen LogP contribution in [0.2, 0.25) is 0 Å². The van der Waals surface area contributed by atoms with Crippen molar-refractivity contribution in [2.24, 2.45) is 0 Å². The van der Waals surface area contributed by atoms with E-state index in [4.69, 9.17) is 0 Å². The van der Waals surface area contributed by atoms with Gasteiger partial charge in [0.15, 0.2) is 31.7 Å². The summed E-state index contributed by atoms with van der Waals surface area (Å²) in [6.07, 6.45) is -14.3. The second-order valence-electron chi connectivity index (χ2n) is 8.44. The van der Waals surface area contributed by atoms with Gasteiger partial charge >= 0.3 is 46.6 Å². The highest BCUT2D eigenvalue weighted by Gasteiger charge is 2.85. The molecule has 0 atom stereocenters. The molecule has 0 aliphatic rings. The van der Waals surface area contributed by atoms with E-state index in [9.17, 15) is 110 Å². The number of Topliss-reactive ketones (excluding diaryl/α,β-unsaturated/α-hetero) is 1. The summed E-state index contributed by atoms with van der Waals surface area (Å²) in [6, 6.07) is 0. The summed E-state index contributed by atoms with van der Waals surface area (Å²) in [7, 11) is -14.1. The number of carbonyl (C=O) groups is 1. The molecule has 0 unspecified atom stereocenters. The minimum absolute atomic E-state index is 0.366. The predicted octanol–water partition coefficient (Wildman–Crippen LogP) is 5.79. The van der Waals surface area contributed by atoms with Crippen molar-refractivity contribution in [3.05, 3.63) is 0 Å². The van der Waals surface area contributed by atoms with Crippen LogP contribution in [-0.4, -0.2) is 113 Å². The molecule has 0 N–H and O–H groups in total. The Kier molecular flexibility index (Phi) is 18.1. The van der Waals surface area contributed by atoms with Crippen molar-refractivity contribution < 1.29 is 110 Å². The van der Waals surface area contributed by atoms with Crippen molar-refractivity contribution in [2.75, 3.05) is 34.5 Å². The number of ketones is 1. The van der Waals surface area contributed by atoms with Crippen LogP contribution in [0, 0.1) is 0 Å². The van der Waals surface area contributed by atoms with Crippen molar-refractivity contribution in [2.45, 2.75) is 74.2 Å². The zero-order chi connectivity index (χ0) is 40.0. The summed E-state index contributed by atoms with van der Waals surface area (Å²) in [4.78, 5) is 11.7. The van der Waals surface area contributed by atoms with Crippen LogP contribution in [0.4, 0.5) is 79.0 Å². The number of rotatable bonds is 14. The number of carbonyl (C=O) groups excluding carboxylic acids is 1. The lowest BCUT2D eigenvalue weighted by molar-refractivity contribution is -0.382. The summed E-state index contributed by atoms with van der Waals surface area (Å²) in [6.45, 7) is 8.78. The van der Waals surface area contributed by atoms with Gasteiger partial charge in [0.25, 0.3) is 0 Å². The standard InChI is InChI=1S/C11H24OS2.2C4HF9O3S/c1-5-13(6-2)9-11(12)10-14(7-3)8-4;2*5-1(6,3(9,10)11)2(7,8)4(12,13)17(14,15)16/h5-10H2,1-4H3;2*(H,14,15,16)/q+2;;/p-2. The van der Waals surface area contributed by atoms with Crippen LogP contribution in [0.25, 0.3) is 0 Å². The molecule has 0 bridgehead atoms. The Labute approximate surface area is 266 Å². The van der Waals surface area contributed by atoms with E-state index in [-0.39, 0.29) is 0 Å². The van der Waals surface area contributed by atoms with E-state index in [1.807, 2.05) is 0 Å². The van der Waals surface area contributed by atoms with Crippen molar-refractivity contribution in [1.82, 2.24) is 0 Å². The van der Waals surface area contributed by atoms with Gasteiger partial charge in [0, 0.05) is 0 Å². The topological polar surface area (TPSA) is 131 Å². The second-order valence-corrected chi connectivity index (χ2v) is 16.6. The van der Waals surface area contributed by atoms with Crippen molar-refractivity contribution >= 4 is 47.8 Å². The average Bonchev–Trinajstić information content (AvgIpc) is 2.88. The molecule has 48 heavy (non-hydrogen) atoms. The molecule has 0 saturated carbocycles. The Balaban J connectivity index is -0.000000637. The maximum atomic E-state index is 12.2. The first-order valence-electron chi connectivity index (χ1n) is 11.8. The Morgan fingerprint density at radius 1 is 0.458 bits per heavy atom. The van der Waals surface area contributed by atoms with Crippen LogP contribution in [-0.2, 0) is 46.8 Å². The zero-order valence-corrected chi connectivity index (χ0v) is 27.3. The van der Waals surface area contributed by atoms with Gasteiger partial charge in [-0.2, -0.15) is 79.0 Å². The molecule has 0 heterocycles. The van der Waals surface area contributed by atoms with Gasteiger partial charge < -0.3 is 9.11 Å². The van der Waals surface area contributed by atoms with Crippen molar-refractivity contribution in [3.63, 3.8) is 0 Å². The molecule has 0 rings (SSSR count). The van der Waals surface area contributed by atoms with E-state index >= 15 is 0 Å². The van der Waals surface area contributed by atoms with Gasteiger partial charge in [-0.1, -0.05) is 0 Å². The van der Waals surface area contributed by atoms with E-state index in [0.717, 1.165) is 11.5 Å². The van der Waals surface area contributed by atoms with Crippen LogP contribution in [0.1, 0.15) is 27.7 Å². The number of alkyl halides is 18. The van der Waals surface area contributed by atoms with Crippen molar-refractivity contribution in [3.8, 4) is 0 Å². The first-order chi connectivity index (χ1) is 20.7. The highest BCUT2D eigenvalue weighted by atomic mass is 32.2. The molecule has 0 aliphatic carbocycles. The van der Waals surface area contributed by atoms with Gasteiger partial charge in [-0.25, -0.2) is 16.8 Å². The Hall–Kier alpha value is -1.07. The van der Waals surface area contributed by atoms with Crippen LogP contribution >= 0.6 is 0 Å². The smallest absolute Gasteiger partial charge is 0.460 e. The summed E-state index contributed by atoms with van der Waals surface area (Å²) >= 11 is 0. The van der Waals surface area contributed by atoms with Crippen LogP contribution < -0.4 is 0 Å². The van der Waals surface area contributed by atoms with E-state index < -0.39 is 66.8 Å². The van der Waals surface area contributed by atoms with Gasteiger partial charge in [0.05, 0.1) is 0 Å². The average molecular weight is 835 g/mol. The van der Waals surface area contributed by atoms with E-state index in [1.165, 1.54) is 23.0 Å². The van der Waals surface area contributed by atoms with Crippen molar-refractivity contribution in [1.29, 1.82) is 0 Å². The molecular weight excluding hydrogens is 810 g/mol. The first kappa shape index (κ1) is 51.3. The molecule has 29 heteroatoms. The Bertz CT molecular complexity index is 1150. The lowest BCUT2D eigenvalue weighted by Crippen LogP contribution is -2.63. The quantitative estimate of drug-likeness (QED) is 0.123. The molecule has 0 spiro atoms. The van der Waals surface area contributed by atoms with Gasteiger partial charge in [0.1, 0.15) is 23.0 Å². The molecule has 7 nitrogen and oxygen atoms in total. The van der Waals surface area contributed by atoms with E-state index in [0.29, 0.717) is 27.6 Å². The fraction of sp³-hybridized carbons (Fsp3) is 0.947. The Morgan fingerprint density at radius 3 is 0.771 bits per heavy atom. The minimum atomic E-state index is -7.43. The van der Waals surface area contributed by atoms with E-state index in [2.05, 4.69) is 27.7 Å². The van der Waals surface area contributed by atoms with Gasteiger partial charge in [0.2, 0.25) is 5.78 Å². The summed E-state index contributed by atoms with van der Waals surface area (Å²) in [5, 5.41) is -14.2. The summed E-state index contributed by atoms with van der Waals surface area (Å²) in [5.74, 6) is -22.7. The molecular formula is C19H24F18O7S4. The SMILES string of the molecule is CC[S+](CC)CC(=O)C[S+](CC)CC.O=S(=O)([O-])C(F)(F)C(F)(F)C(F)(F)C(F)(F)F.O=S(=O)([O-])C(F)(F)C(F)(F)C(F)(F)C(F)(F)F. The zero-order valence-electron chi connectivity index (χ0n) is 24.0. The number of hydrogen-bond donors (Lipinski definition) is 0. The van der Waals surface area contributed by atoms with Gasteiger partial charge in [-0.05, 0) is 49.5 Å². The monoisotopic (exact) mass is 834 g/mol. The van der Waals surface area contributed by atoms with Crippen LogP contribution in [0.15, 0.2) is 0 Å².